The second-order valence-electron chi connectivity index (χ2n) is 4.48. The first-order valence-electron chi connectivity index (χ1n) is 6.75. The third kappa shape index (κ3) is 4.09. The predicted molar refractivity (Wildman–Crippen MR) is 80.4 cm³/mol. The van der Waals surface area contributed by atoms with Crippen molar-refractivity contribution in [2.45, 2.75) is 13.5 Å². The third-order valence-corrected chi connectivity index (χ3v) is 3.08. The monoisotopic (exact) mass is 269 g/mol. The van der Waals surface area contributed by atoms with Crippen molar-refractivity contribution in [2.24, 2.45) is 0 Å². The molecule has 0 atom stereocenters. The van der Waals surface area contributed by atoms with Crippen molar-refractivity contribution >= 4 is 11.6 Å². The maximum Gasteiger partial charge on any atom is 0.239 e. The van der Waals surface area contributed by atoms with E-state index < -0.39 is 0 Å². The SMILES string of the molecule is CCN(CC(=O)NCc1ccncc1)c1ccccc1. The zero-order valence-corrected chi connectivity index (χ0v) is 11.6. The summed E-state index contributed by atoms with van der Waals surface area (Å²) in [6.07, 6.45) is 3.45. The summed E-state index contributed by atoms with van der Waals surface area (Å²) in [5, 5.41) is 2.93. The van der Waals surface area contributed by atoms with Crippen LogP contribution in [0.3, 0.4) is 0 Å². The maximum absolute atomic E-state index is 12.0. The number of rotatable bonds is 6. The van der Waals surface area contributed by atoms with Gasteiger partial charge in [-0.3, -0.25) is 9.78 Å². The summed E-state index contributed by atoms with van der Waals surface area (Å²) in [4.78, 5) is 18.0. The Labute approximate surface area is 119 Å². The molecule has 0 aliphatic carbocycles. The number of amides is 1. The number of anilines is 1. The van der Waals surface area contributed by atoms with E-state index in [9.17, 15) is 4.79 Å². The molecular formula is C16H19N3O. The number of pyridine rings is 1. The number of nitrogens with one attached hydrogen (secondary N) is 1. The van der Waals surface area contributed by atoms with E-state index in [1.54, 1.807) is 12.4 Å². The van der Waals surface area contributed by atoms with Crippen LogP contribution >= 0.6 is 0 Å². The average Bonchev–Trinajstić information content (AvgIpc) is 2.52. The molecule has 4 nitrogen and oxygen atoms in total. The molecule has 1 amide bonds. The first-order chi connectivity index (χ1) is 9.79. The Balaban J connectivity index is 1.87. The van der Waals surface area contributed by atoms with Gasteiger partial charge in [0.1, 0.15) is 0 Å². The number of nitrogens with zero attached hydrogens (tertiary/aromatic N) is 2. The molecule has 0 aliphatic heterocycles. The molecule has 2 aromatic rings. The normalized spacial score (nSPS) is 10.1. The highest BCUT2D eigenvalue weighted by Crippen LogP contribution is 2.12. The van der Waals surface area contributed by atoms with Gasteiger partial charge in [0.25, 0.3) is 0 Å². The summed E-state index contributed by atoms with van der Waals surface area (Å²) in [7, 11) is 0. The molecule has 0 saturated carbocycles. The van der Waals surface area contributed by atoms with Gasteiger partial charge in [0.05, 0.1) is 6.54 Å². The van der Waals surface area contributed by atoms with Crippen molar-refractivity contribution in [1.29, 1.82) is 0 Å². The molecule has 1 heterocycles. The zero-order chi connectivity index (χ0) is 14.2. The van der Waals surface area contributed by atoms with Crippen LogP contribution in [0.4, 0.5) is 5.69 Å². The van der Waals surface area contributed by atoms with E-state index in [2.05, 4.69) is 10.3 Å². The minimum Gasteiger partial charge on any atom is -0.363 e. The molecule has 0 fully saturated rings. The van der Waals surface area contributed by atoms with Crippen LogP contribution in [0.1, 0.15) is 12.5 Å². The van der Waals surface area contributed by atoms with Crippen LogP contribution < -0.4 is 10.2 Å². The summed E-state index contributed by atoms with van der Waals surface area (Å²) < 4.78 is 0. The molecule has 0 radical (unpaired) electrons. The lowest BCUT2D eigenvalue weighted by Gasteiger charge is -2.22. The fourth-order valence-corrected chi connectivity index (χ4v) is 1.96. The molecule has 0 bridgehead atoms. The number of hydrogen-bond acceptors (Lipinski definition) is 3. The Bertz CT molecular complexity index is 528. The van der Waals surface area contributed by atoms with Crippen molar-refractivity contribution in [3.8, 4) is 0 Å². The zero-order valence-electron chi connectivity index (χ0n) is 11.6. The topological polar surface area (TPSA) is 45.2 Å². The van der Waals surface area contributed by atoms with E-state index in [1.165, 1.54) is 0 Å². The van der Waals surface area contributed by atoms with E-state index in [-0.39, 0.29) is 5.91 Å². The van der Waals surface area contributed by atoms with Crippen LogP contribution in [0.15, 0.2) is 54.9 Å². The number of carbonyl (C=O) groups is 1. The molecule has 0 aliphatic rings. The fraction of sp³-hybridized carbons (Fsp3) is 0.250. The Hall–Kier alpha value is -2.36. The van der Waals surface area contributed by atoms with Gasteiger partial charge in [0, 0.05) is 31.2 Å². The van der Waals surface area contributed by atoms with E-state index in [0.29, 0.717) is 13.1 Å². The van der Waals surface area contributed by atoms with Crippen LogP contribution in [0.2, 0.25) is 0 Å². The number of carbonyl (C=O) groups excluding carboxylic acids is 1. The molecule has 1 N–H and O–H groups in total. The lowest BCUT2D eigenvalue weighted by molar-refractivity contribution is -0.119. The van der Waals surface area contributed by atoms with E-state index in [1.807, 2.05) is 54.3 Å². The number of likely N-dealkylation sites (N-methyl/N-ethyl adjacent to an activating group) is 1. The van der Waals surface area contributed by atoms with Crippen LogP contribution in [0.25, 0.3) is 0 Å². The maximum atomic E-state index is 12.0. The minimum atomic E-state index is 0.0208. The molecule has 104 valence electrons. The van der Waals surface area contributed by atoms with Crippen LogP contribution in [-0.2, 0) is 11.3 Å². The second-order valence-corrected chi connectivity index (χ2v) is 4.48. The Morgan fingerprint density at radius 2 is 1.85 bits per heavy atom. The van der Waals surface area contributed by atoms with Crippen molar-refractivity contribution < 1.29 is 4.79 Å². The van der Waals surface area contributed by atoms with Crippen molar-refractivity contribution in [1.82, 2.24) is 10.3 Å². The molecule has 0 unspecified atom stereocenters. The average molecular weight is 269 g/mol. The molecule has 0 spiro atoms. The van der Waals surface area contributed by atoms with Gasteiger partial charge in [-0.1, -0.05) is 18.2 Å². The standard InChI is InChI=1S/C16H19N3O/c1-2-19(15-6-4-3-5-7-15)13-16(20)18-12-14-8-10-17-11-9-14/h3-11H,2,12-13H2,1H3,(H,18,20). The van der Waals surface area contributed by atoms with Crippen LogP contribution in [0.5, 0.6) is 0 Å². The quantitative estimate of drug-likeness (QED) is 0.874. The third-order valence-electron chi connectivity index (χ3n) is 3.08. The van der Waals surface area contributed by atoms with Gasteiger partial charge in [0.2, 0.25) is 5.91 Å². The van der Waals surface area contributed by atoms with Gasteiger partial charge in [-0.2, -0.15) is 0 Å². The first-order valence-corrected chi connectivity index (χ1v) is 6.75. The smallest absolute Gasteiger partial charge is 0.239 e. The lowest BCUT2D eigenvalue weighted by atomic mass is 10.2. The second kappa shape index (κ2) is 7.28. The largest absolute Gasteiger partial charge is 0.363 e. The molecule has 1 aromatic heterocycles. The number of aromatic nitrogens is 1. The van der Waals surface area contributed by atoms with Crippen LogP contribution in [0, 0.1) is 0 Å². The Morgan fingerprint density at radius 1 is 1.15 bits per heavy atom. The van der Waals surface area contributed by atoms with Crippen molar-refractivity contribution in [3.63, 3.8) is 0 Å². The van der Waals surface area contributed by atoms with E-state index in [0.717, 1.165) is 17.8 Å². The number of para-hydroxylation sites is 1. The van der Waals surface area contributed by atoms with Gasteiger partial charge in [-0.05, 0) is 36.8 Å². The summed E-state index contributed by atoms with van der Waals surface area (Å²) >= 11 is 0. The minimum absolute atomic E-state index is 0.0208. The van der Waals surface area contributed by atoms with Gasteiger partial charge in [-0.15, -0.1) is 0 Å². The van der Waals surface area contributed by atoms with Gasteiger partial charge in [0.15, 0.2) is 0 Å². The Morgan fingerprint density at radius 3 is 2.50 bits per heavy atom. The summed E-state index contributed by atoms with van der Waals surface area (Å²) in [5.74, 6) is 0.0208. The van der Waals surface area contributed by atoms with Gasteiger partial charge >= 0.3 is 0 Å². The lowest BCUT2D eigenvalue weighted by Crippen LogP contribution is -2.36. The molecule has 20 heavy (non-hydrogen) atoms. The first kappa shape index (κ1) is 14.1. The highest BCUT2D eigenvalue weighted by molar-refractivity contribution is 5.81. The highest BCUT2D eigenvalue weighted by Gasteiger charge is 2.09. The van der Waals surface area contributed by atoms with E-state index in [4.69, 9.17) is 0 Å². The summed E-state index contributed by atoms with van der Waals surface area (Å²) in [6, 6.07) is 13.8. The summed E-state index contributed by atoms with van der Waals surface area (Å²) in [5.41, 5.74) is 2.12. The van der Waals surface area contributed by atoms with Crippen molar-refractivity contribution in [3.05, 3.63) is 60.4 Å². The number of benzene rings is 1. The highest BCUT2D eigenvalue weighted by atomic mass is 16.2. The predicted octanol–water partition coefficient (Wildman–Crippen LogP) is 2.22. The summed E-state index contributed by atoms with van der Waals surface area (Å²) in [6.45, 7) is 3.75. The number of hydrogen-bond donors (Lipinski definition) is 1. The van der Waals surface area contributed by atoms with E-state index >= 15 is 0 Å². The molecule has 4 heteroatoms. The molecule has 1 aromatic carbocycles. The molecule has 2 rings (SSSR count). The fourth-order valence-electron chi connectivity index (χ4n) is 1.96. The molecular weight excluding hydrogens is 250 g/mol. The van der Waals surface area contributed by atoms with Gasteiger partial charge < -0.3 is 10.2 Å². The Kier molecular flexibility index (Phi) is 5.12. The molecule has 0 saturated heterocycles. The van der Waals surface area contributed by atoms with Crippen LogP contribution in [-0.4, -0.2) is 24.0 Å². The van der Waals surface area contributed by atoms with Gasteiger partial charge in [-0.25, -0.2) is 0 Å². The van der Waals surface area contributed by atoms with Crippen molar-refractivity contribution in [2.75, 3.05) is 18.0 Å².